The minimum absolute atomic E-state index is 0.0443. The van der Waals surface area contributed by atoms with Crippen LogP contribution in [0.1, 0.15) is 75.5 Å². The minimum atomic E-state index is -2.06. The van der Waals surface area contributed by atoms with Gasteiger partial charge in [-0.1, -0.05) is 64.1 Å². The predicted octanol–water partition coefficient (Wildman–Crippen LogP) is 6.81. The third kappa shape index (κ3) is 8.56. The number of nitrogens with zero attached hydrogens (tertiary/aromatic N) is 1. The molecule has 316 valence electrons. The van der Waals surface area contributed by atoms with Crippen molar-refractivity contribution in [2.45, 2.75) is 92.5 Å². The minimum Gasteiger partial charge on any atom is -0.507 e. The molecule has 14 nitrogen and oxygen atoms in total. The number of allylic oxidation sites excluding steroid dienone is 2. The number of benzene rings is 3. The van der Waals surface area contributed by atoms with Gasteiger partial charge in [0.25, 0.3) is 11.7 Å². The number of carbonyl (C=O) groups excluding carboxylic acids is 3. The molecule has 3 aliphatic heterocycles. The van der Waals surface area contributed by atoms with Crippen molar-refractivity contribution < 1.29 is 58.9 Å². The van der Waals surface area contributed by atoms with E-state index >= 15 is 0 Å². The van der Waals surface area contributed by atoms with E-state index in [-0.39, 0.29) is 44.5 Å². The van der Waals surface area contributed by atoms with E-state index < -0.39 is 88.8 Å². The topological polar surface area (TPSA) is 214 Å². The van der Waals surface area contributed by atoms with Crippen molar-refractivity contribution in [3.8, 4) is 23.0 Å². The first kappa shape index (κ1) is 44.4. The first-order valence-corrected chi connectivity index (χ1v) is 19.4. The summed E-state index contributed by atoms with van der Waals surface area (Å²) in [5, 5.41) is 60.5. The molecule has 3 aromatic rings. The van der Waals surface area contributed by atoms with Crippen LogP contribution in [0.5, 0.6) is 23.0 Å². The molecular formula is C45H54N2O12. The molecule has 5 bridgehead atoms. The lowest BCUT2D eigenvalue weighted by Gasteiger charge is -2.38. The number of fused-ring (bicyclic) bond motifs is 14. The van der Waals surface area contributed by atoms with Crippen molar-refractivity contribution in [2.75, 3.05) is 12.4 Å². The number of methoxy groups -OCH3 is 1. The molecule has 0 saturated heterocycles. The number of ether oxygens (including phenoxy) is 4. The Morgan fingerprint density at radius 2 is 1.59 bits per heavy atom. The lowest BCUT2D eigenvalue weighted by atomic mass is 9.78. The Morgan fingerprint density at radius 3 is 2.24 bits per heavy atom. The van der Waals surface area contributed by atoms with Crippen molar-refractivity contribution in [3.05, 3.63) is 82.7 Å². The second kappa shape index (κ2) is 17.7. The van der Waals surface area contributed by atoms with Crippen LogP contribution < -0.4 is 10.1 Å². The second-order valence-electron chi connectivity index (χ2n) is 15.7. The molecule has 0 aliphatic carbocycles. The smallest absolute Gasteiger partial charge is 0.312 e. The Labute approximate surface area is 343 Å². The summed E-state index contributed by atoms with van der Waals surface area (Å²) in [5.41, 5.74) is 0.849. The standard InChI is InChI=1S/C45H54N2O12/c1-21-14-11-12-17-30(21)46-20-29-35-40(53)33-32(39(29)52)34-42(27(7)38(33)51)59-45(9,43(34)54)57-19-18-31(56-10)24(4)41(58-28(8)48)26(6)37(50)25(5)36(49)22(2)15-13-16-23(3)44(55)47-35/h11-20,22,24-26,31,36-37,41,49-53H,1-10H3,(H,47,55)/b15-13+,19-18+,23-16-,46-20?/t22-,24-,25-,26-,31+,36+,37+,41-,45+/m1/s1. The summed E-state index contributed by atoms with van der Waals surface area (Å²) >= 11 is 0. The van der Waals surface area contributed by atoms with E-state index in [0.29, 0.717) is 5.69 Å². The Hall–Kier alpha value is -5.70. The van der Waals surface area contributed by atoms with Gasteiger partial charge < -0.3 is 49.8 Å². The molecule has 3 heterocycles. The third-order valence-electron chi connectivity index (χ3n) is 11.5. The number of para-hydroxylation sites is 1. The molecule has 0 saturated carbocycles. The molecule has 9 atom stereocenters. The monoisotopic (exact) mass is 814 g/mol. The average Bonchev–Trinajstić information content (AvgIpc) is 3.46. The number of hydrogen-bond donors (Lipinski definition) is 6. The first-order chi connectivity index (χ1) is 27.7. The first-order valence-electron chi connectivity index (χ1n) is 19.4. The maximum absolute atomic E-state index is 14.4. The van der Waals surface area contributed by atoms with Crippen molar-refractivity contribution in [1.29, 1.82) is 0 Å². The number of aliphatic hydroxyl groups excluding tert-OH is 2. The van der Waals surface area contributed by atoms with Gasteiger partial charge in [-0.05, 0) is 38.5 Å². The van der Waals surface area contributed by atoms with Crippen LogP contribution in [0, 0.1) is 37.5 Å². The van der Waals surface area contributed by atoms with E-state index in [1.165, 1.54) is 59.4 Å². The van der Waals surface area contributed by atoms with Crippen molar-refractivity contribution in [2.24, 2.45) is 28.7 Å². The number of phenols is 3. The van der Waals surface area contributed by atoms with Crippen LogP contribution in [-0.4, -0.2) is 86.7 Å². The zero-order valence-corrected chi connectivity index (χ0v) is 34.9. The number of ketones is 1. The van der Waals surface area contributed by atoms with Crippen LogP contribution in [0.2, 0.25) is 0 Å². The molecule has 0 spiro atoms. The number of amides is 1. The summed E-state index contributed by atoms with van der Waals surface area (Å²) in [6.07, 6.45) is 4.75. The highest BCUT2D eigenvalue weighted by Crippen LogP contribution is 2.55. The van der Waals surface area contributed by atoms with Crippen LogP contribution in [0.3, 0.4) is 0 Å². The van der Waals surface area contributed by atoms with E-state index in [2.05, 4.69) is 10.3 Å². The number of rotatable bonds is 4. The summed E-state index contributed by atoms with van der Waals surface area (Å²) in [6, 6.07) is 7.16. The van der Waals surface area contributed by atoms with Gasteiger partial charge in [-0.3, -0.25) is 19.4 Å². The number of esters is 1. The van der Waals surface area contributed by atoms with E-state index in [9.17, 15) is 39.9 Å². The summed E-state index contributed by atoms with van der Waals surface area (Å²) in [6.45, 7) is 14.3. The van der Waals surface area contributed by atoms with Gasteiger partial charge >= 0.3 is 11.8 Å². The number of aliphatic imine (C=N–C) groups is 1. The zero-order chi connectivity index (χ0) is 43.7. The highest BCUT2D eigenvalue weighted by Gasteiger charge is 2.50. The van der Waals surface area contributed by atoms with Gasteiger partial charge in [0.05, 0.1) is 52.5 Å². The van der Waals surface area contributed by atoms with E-state index in [1.807, 2.05) is 19.1 Å². The third-order valence-corrected chi connectivity index (χ3v) is 11.5. The Kier molecular flexibility index (Phi) is 13.3. The fraction of sp³-hybridized carbons (Fsp3) is 0.422. The molecule has 0 fully saturated rings. The fourth-order valence-corrected chi connectivity index (χ4v) is 7.71. The van der Waals surface area contributed by atoms with Gasteiger partial charge in [-0.15, -0.1) is 0 Å². The molecule has 0 unspecified atom stereocenters. The molecule has 6 N–H and O–H groups in total. The number of anilines is 1. The lowest BCUT2D eigenvalue weighted by molar-refractivity contribution is -0.160. The number of aliphatic hydroxyl groups is 2. The summed E-state index contributed by atoms with van der Waals surface area (Å²) in [4.78, 5) is 45.0. The maximum Gasteiger partial charge on any atom is 0.312 e. The zero-order valence-electron chi connectivity index (χ0n) is 34.9. The number of Topliss-reactive ketones (excluding diaryl/α,β-unsaturated/α-hetero) is 1. The van der Waals surface area contributed by atoms with Crippen LogP contribution in [-0.2, 0) is 23.8 Å². The van der Waals surface area contributed by atoms with Gasteiger partial charge in [-0.2, -0.15) is 0 Å². The van der Waals surface area contributed by atoms with Gasteiger partial charge in [0.15, 0.2) is 5.75 Å². The van der Waals surface area contributed by atoms with Crippen molar-refractivity contribution in [3.63, 3.8) is 0 Å². The molecule has 3 aromatic carbocycles. The number of aryl methyl sites for hydroxylation is 1. The molecule has 14 heteroatoms. The largest absolute Gasteiger partial charge is 0.507 e. The maximum atomic E-state index is 14.4. The average molecular weight is 815 g/mol. The van der Waals surface area contributed by atoms with Crippen LogP contribution in [0.25, 0.3) is 10.8 Å². The van der Waals surface area contributed by atoms with Crippen LogP contribution in [0.4, 0.5) is 11.4 Å². The van der Waals surface area contributed by atoms with Gasteiger partial charge in [0.2, 0.25) is 0 Å². The molecule has 0 aromatic heterocycles. The van der Waals surface area contributed by atoms with Crippen LogP contribution in [0.15, 0.2) is 65.4 Å². The molecule has 1 amide bonds. The van der Waals surface area contributed by atoms with Gasteiger partial charge in [0, 0.05) is 67.4 Å². The lowest BCUT2D eigenvalue weighted by Crippen LogP contribution is -2.46. The highest BCUT2D eigenvalue weighted by molar-refractivity contribution is 6.24. The number of nitrogens with one attached hydrogen (secondary N) is 1. The molecule has 6 rings (SSSR count). The number of carbonyl (C=O) groups is 3. The quantitative estimate of drug-likeness (QED) is 0.0694. The van der Waals surface area contributed by atoms with Gasteiger partial charge in [-0.25, -0.2) is 0 Å². The molecule has 0 radical (unpaired) electrons. The Balaban J connectivity index is 1.74. The summed E-state index contributed by atoms with van der Waals surface area (Å²) in [7, 11) is 1.43. The van der Waals surface area contributed by atoms with Crippen molar-refractivity contribution in [1.82, 2.24) is 0 Å². The van der Waals surface area contributed by atoms with E-state index in [0.717, 1.165) is 5.56 Å². The van der Waals surface area contributed by atoms with Gasteiger partial charge in [0.1, 0.15) is 23.4 Å². The highest BCUT2D eigenvalue weighted by atomic mass is 16.7. The SMILES string of the molecule is CO[C@H]1/C=C/O[C@@]2(C)Oc3c(C)c(O)c4c(O)c(c(C=Nc5ccccc5C)c(O)c4c3C2=O)NC(=O)/C(C)=C\C=C\[C@@H](C)[C@H](O)[C@@H](C)[C@H](O)[C@@H](C)[C@H](OC(C)=O)[C@@H]1C. The normalized spacial score (nSPS) is 30.1. The number of phenolic OH excluding ortho intramolecular Hbond substituents is 3. The molecular weight excluding hydrogens is 760 g/mol. The number of aromatic hydroxyl groups is 3. The Morgan fingerprint density at radius 1 is 0.915 bits per heavy atom. The predicted molar refractivity (Wildman–Crippen MR) is 222 cm³/mol. The molecule has 59 heavy (non-hydrogen) atoms. The van der Waals surface area contributed by atoms with E-state index in [4.69, 9.17) is 18.9 Å². The van der Waals surface area contributed by atoms with Crippen LogP contribution >= 0.6 is 0 Å². The summed E-state index contributed by atoms with van der Waals surface area (Å²) in [5.74, 6) is -8.49. The van der Waals surface area contributed by atoms with E-state index in [1.54, 1.807) is 52.0 Å². The molecule has 3 aliphatic rings. The Bertz CT molecular complexity index is 2260. The second-order valence-corrected chi connectivity index (χ2v) is 15.7. The summed E-state index contributed by atoms with van der Waals surface area (Å²) < 4.78 is 23.6. The number of hydrogen-bond acceptors (Lipinski definition) is 13. The fourth-order valence-electron chi connectivity index (χ4n) is 7.71. The van der Waals surface area contributed by atoms with Crippen molar-refractivity contribution >= 4 is 46.0 Å².